The molecule has 2 rings (SSSR count). The molecule has 1 aliphatic carbocycles. The summed E-state index contributed by atoms with van der Waals surface area (Å²) in [4.78, 5) is 4.30. The summed E-state index contributed by atoms with van der Waals surface area (Å²) in [5.74, 6) is 0.0820. The topological polar surface area (TPSA) is 32.6 Å². The van der Waals surface area contributed by atoms with Gasteiger partial charge in [0.2, 0.25) is 0 Å². The third kappa shape index (κ3) is 1.53. The standard InChI is InChI=1S/C10H14FNO/c11-9-4-3-7(6-13)10-8(9)2-1-5-12-10/h2,7,9,13H,1,3-6H2/t7-,9-/m0/s1. The Balaban J connectivity index is 2.25. The summed E-state index contributed by atoms with van der Waals surface area (Å²) in [6, 6.07) is 0. The van der Waals surface area contributed by atoms with Crippen molar-refractivity contribution in [3.8, 4) is 0 Å². The van der Waals surface area contributed by atoms with E-state index < -0.39 is 6.17 Å². The van der Waals surface area contributed by atoms with Crippen LogP contribution in [0.3, 0.4) is 0 Å². The first-order valence-corrected chi connectivity index (χ1v) is 4.82. The maximum Gasteiger partial charge on any atom is 0.127 e. The summed E-state index contributed by atoms with van der Waals surface area (Å²) in [6.45, 7) is 0.852. The molecule has 1 N–H and O–H groups in total. The first-order valence-electron chi connectivity index (χ1n) is 4.82. The van der Waals surface area contributed by atoms with Crippen molar-refractivity contribution in [3.63, 3.8) is 0 Å². The molecule has 0 aromatic rings. The molecule has 1 saturated carbocycles. The summed E-state index contributed by atoms with van der Waals surface area (Å²) in [5.41, 5.74) is 1.57. The molecule has 0 radical (unpaired) electrons. The van der Waals surface area contributed by atoms with Gasteiger partial charge in [-0.05, 0) is 19.3 Å². The van der Waals surface area contributed by atoms with Gasteiger partial charge >= 0.3 is 0 Å². The highest BCUT2D eigenvalue weighted by molar-refractivity contribution is 6.04. The molecule has 2 aliphatic rings. The predicted octanol–water partition coefficient (Wildman–Crippen LogP) is 1.50. The van der Waals surface area contributed by atoms with Crippen LogP contribution in [0.2, 0.25) is 0 Å². The fourth-order valence-corrected chi connectivity index (χ4v) is 2.07. The Morgan fingerprint density at radius 1 is 1.54 bits per heavy atom. The van der Waals surface area contributed by atoms with E-state index in [9.17, 15) is 4.39 Å². The van der Waals surface area contributed by atoms with Crippen LogP contribution in [0.4, 0.5) is 4.39 Å². The first kappa shape index (κ1) is 8.88. The van der Waals surface area contributed by atoms with Gasteiger partial charge < -0.3 is 5.11 Å². The zero-order chi connectivity index (χ0) is 9.26. The SMILES string of the molecule is OC[C@@H]1CC[C@H](F)C2=CCCN=C21. The maximum atomic E-state index is 13.4. The van der Waals surface area contributed by atoms with Crippen molar-refractivity contribution in [3.05, 3.63) is 11.6 Å². The molecule has 0 spiro atoms. The minimum atomic E-state index is -0.846. The number of hydrogen-bond donors (Lipinski definition) is 1. The van der Waals surface area contributed by atoms with Gasteiger partial charge in [-0.25, -0.2) is 4.39 Å². The van der Waals surface area contributed by atoms with E-state index in [0.29, 0.717) is 6.42 Å². The normalized spacial score (nSPS) is 33.4. The van der Waals surface area contributed by atoms with Crippen molar-refractivity contribution in [2.45, 2.75) is 25.4 Å². The van der Waals surface area contributed by atoms with Gasteiger partial charge in [-0.3, -0.25) is 4.99 Å². The Morgan fingerprint density at radius 3 is 3.15 bits per heavy atom. The summed E-state index contributed by atoms with van der Waals surface area (Å²) >= 11 is 0. The molecule has 2 atom stereocenters. The summed E-state index contributed by atoms with van der Waals surface area (Å²) in [6.07, 6.45) is 3.21. The van der Waals surface area contributed by atoms with Crippen LogP contribution in [0.1, 0.15) is 19.3 Å². The van der Waals surface area contributed by atoms with Crippen LogP contribution in [-0.4, -0.2) is 30.1 Å². The van der Waals surface area contributed by atoms with Gasteiger partial charge in [-0.15, -0.1) is 0 Å². The zero-order valence-corrected chi connectivity index (χ0v) is 7.54. The number of allylic oxidation sites excluding steroid dienone is 1. The number of nitrogens with zero attached hydrogens (tertiary/aromatic N) is 1. The minimum absolute atomic E-state index is 0.0820. The number of alkyl halides is 1. The van der Waals surface area contributed by atoms with Gasteiger partial charge in [-0.1, -0.05) is 6.08 Å². The third-order valence-corrected chi connectivity index (χ3v) is 2.78. The molecule has 1 heterocycles. The lowest BCUT2D eigenvalue weighted by Crippen LogP contribution is -2.32. The molecule has 0 saturated heterocycles. The number of aliphatic hydroxyl groups excluding tert-OH is 1. The molecule has 0 aromatic carbocycles. The Morgan fingerprint density at radius 2 is 2.38 bits per heavy atom. The lowest BCUT2D eigenvalue weighted by molar-refractivity contribution is 0.232. The van der Waals surface area contributed by atoms with Crippen LogP contribution in [-0.2, 0) is 0 Å². The molecular weight excluding hydrogens is 169 g/mol. The summed E-state index contributed by atoms with van der Waals surface area (Å²) in [5, 5.41) is 9.09. The van der Waals surface area contributed by atoms with Gasteiger partial charge in [-0.2, -0.15) is 0 Å². The summed E-state index contributed by atoms with van der Waals surface area (Å²) in [7, 11) is 0. The average Bonchev–Trinajstić information content (AvgIpc) is 2.19. The maximum absolute atomic E-state index is 13.4. The van der Waals surface area contributed by atoms with Gasteiger partial charge in [0.15, 0.2) is 0 Å². The molecular formula is C10H14FNO. The largest absolute Gasteiger partial charge is 0.396 e. The predicted molar refractivity (Wildman–Crippen MR) is 49.7 cm³/mol. The van der Waals surface area contributed by atoms with E-state index in [1.807, 2.05) is 6.08 Å². The monoisotopic (exact) mass is 183 g/mol. The van der Waals surface area contributed by atoms with Gasteiger partial charge in [0.05, 0.1) is 6.61 Å². The number of hydrogen-bond acceptors (Lipinski definition) is 2. The van der Waals surface area contributed by atoms with Crippen LogP contribution >= 0.6 is 0 Å². The molecule has 1 fully saturated rings. The van der Waals surface area contributed by atoms with E-state index in [1.165, 1.54) is 0 Å². The van der Waals surface area contributed by atoms with Gasteiger partial charge in [0, 0.05) is 23.7 Å². The van der Waals surface area contributed by atoms with Crippen molar-refractivity contribution in [1.29, 1.82) is 0 Å². The second-order valence-corrected chi connectivity index (χ2v) is 3.64. The average molecular weight is 183 g/mol. The number of aliphatic hydroxyl groups is 1. The highest BCUT2D eigenvalue weighted by Gasteiger charge is 2.31. The van der Waals surface area contributed by atoms with Crippen LogP contribution < -0.4 is 0 Å². The van der Waals surface area contributed by atoms with E-state index in [2.05, 4.69) is 4.99 Å². The van der Waals surface area contributed by atoms with Crippen molar-refractivity contribution in [1.82, 2.24) is 0 Å². The number of aliphatic imine (C=N–C) groups is 1. The minimum Gasteiger partial charge on any atom is -0.396 e. The fourth-order valence-electron chi connectivity index (χ4n) is 2.07. The van der Waals surface area contributed by atoms with Crippen LogP contribution in [0, 0.1) is 5.92 Å². The van der Waals surface area contributed by atoms with E-state index >= 15 is 0 Å². The van der Waals surface area contributed by atoms with E-state index in [0.717, 1.165) is 30.7 Å². The fraction of sp³-hybridized carbons (Fsp3) is 0.700. The molecule has 0 unspecified atom stereocenters. The quantitative estimate of drug-likeness (QED) is 0.656. The van der Waals surface area contributed by atoms with Crippen molar-refractivity contribution < 1.29 is 9.50 Å². The second-order valence-electron chi connectivity index (χ2n) is 3.64. The van der Waals surface area contributed by atoms with Crippen LogP contribution in [0.5, 0.6) is 0 Å². The van der Waals surface area contributed by atoms with Gasteiger partial charge in [0.25, 0.3) is 0 Å². The highest BCUT2D eigenvalue weighted by atomic mass is 19.1. The van der Waals surface area contributed by atoms with Crippen molar-refractivity contribution >= 4 is 5.71 Å². The van der Waals surface area contributed by atoms with E-state index in [1.54, 1.807) is 0 Å². The van der Waals surface area contributed by atoms with Crippen molar-refractivity contribution in [2.75, 3.05) is 13.2 Å². The third-order valence-electron chi connectivity index (χ3n) is 2.78. The van der Waals surface area contributed by atoms with Crippen LogP contribution in [0.15, 0.2) is 16.6 Å². The lowest BCUT2D eigenvalue weighted by atomic mass is 9.81. The Bertz CT molecular complexity index is 260. The van der Waals surface area contributed by atoms with Gasteiger partial charge in [0.1, 0.15) is 6.17 Å². The number of rotatable bonds is 1. The number of dihydropyridines is 1. The lowest BCUT2D eigenvalue weighted by Gasteiger charge is -2.29. The molecule has 2 nitrogen and oxygen atoms in total. The molecule has 13 heavy (non-hydrogen) atoms. The van der Waals surface area contributed by atoms with E-state index in [4.69, 9.17) is 5.11 Å². The molecule has 1 aliphatic heterocycles. The number of fused-ring (bicyclic) bond motifs is 1. The Hall–Kier alpha value is -0.700. The van der Waals surface area contributed by atoms with Crippen LogP contribution in [0.25, 0.3) is 0 Å². The first-order chi connectivity index (χ1) is 6.33. The Kier molecular flexibility index (Phi) is 2.44. The molecule has 3 heteroatoms. The molecule has 0 aromatic heterocycles. The summed E-state index contributed by atoms with van der Waals surface area (Å²) < 4.78 is 13.4. The Labute approximate surface area is 77.2 Å². The van der Waals surface area contributed by atoms with E-state index in [-0.39, 0.29) is 12.5 Å². The highest BCUT2D eigenvalue weighted by Crippen LogP contribution is 2.30. The second kappa shape index (κ2) is 3.58. The zero-order valence-electron chi connectivity index (χ0n) is 7.54. The van der Waals surface area contributed by atoms with Crippen molar-refractivity contribution in [2.24, 2.45) is 10.9 Å². The number of halogens is 1. The molecule has 0 amide bonds. The molecule has 0 bridgehead atoms. The molecule has 72 valence electrons. The smallest absolute Gasteiger partial charge is 0.127 e.